The van der Waals surface area contributed by atoms with E-state index in [-0.39, 0.29) is 6.71 Å². The van der Waals surface area contributed by atoms with Crippen LogP contribution in [-0.4, -0.2) is 11.3 Å². The SMILES string of the molecule is c1ccc(-c2ccc(N3c4cc(-n5c6ccccc6c6ccccc65)cc5c4B(c4c3ccc3c4-c4ccccc4C34c3ccccc3-c3ccccc34)c3c(ccc4c3C3(c6ccccc6-c6ccccc63)c3ccccc3-4)N5c3cccc4c3-c3ccccc3C43c4ccccc4-c4ccccc43)cc2)cc1. The molecule has 1 aromatic heterocycles. The van der Waals surface area contributed by atoms with Crippen molar-refractivity contribution in [3.63, 3.8) is 0 Å². The highest BCUT2D eigenvalue weighted by Crippen LogP contribution is 2.69. The van der Waals surface area contributed by atoms with Crippen LogP contribution in [0.3, 0.4) is 0 Å². The molecule has 0 bridgehead atoms. The average Bonchev–Trinajstić information content (AvgIpc) is 1.33. The predicted octanol–water partition coefficient (Wildman–Crippen LogP) is 23.6. The maximum absolute atomic E-state index is 2.80. The molecular formula is C105H62BN3. The first-order valence-electron chi connectivity index (χ1n) is 38.4. The molecule has 0 unspecified atom stereocenters. The fraction of sp³-hybridized carbons (Fsp3) is 0.0286. The zero-order valence-corrected chi connectivity index (χ0v) is 59.2. The molecule has 3 spiro atoms. The zero-order valence-electron chi connectivity index (χ0n) is 59.2. The molecule has 109 heavy (non-hydrogen) atoms. The molecule has 0 amide bonds. The summed E-state index contributed by atoms with van der Waals surface area (Å²) in [5, 5.41) is 2.44. The fourth-order valence-electron chi connectivity index (χ4n) is 23.0. The van der Waals surface area contributed by atoms with Crippen LogP contribution in [0.15, 0.2) is 376 Å². The van der Waals surface area contributed by atoms with Gasteiger partial charge in [-0.1, -0.05) is 322 Å². The number of rotatable bonds is 4. The second-order valence-electron chi connectivity index (χ2n) is 31.0. The van der Waals surface area contributed by atoms with E-state index in [1.54, 1.807) is 0 Å². The third kappa shape index (κ3) is 6.88. The molecule has 3 heterocycles. The molecule has 4 heteroatoms. The van der Waals surface area contributed by atoms with Gasteiger partial charge in [-0.3, -0.25) is 0 Å². The maximum Gasteiger partial charge on any atom is 0.253 e. The van der Waals surface area contributed by atoms with Crippen LogP contribution >= 0.6 is 0 Å². The number of nitrogens with zero attached hydrogens (tertiary/aromatic N) is 3. The van der Waals surface area contributed by atoms with Crippen LogP contribution < -0.4 is 26.2 Å². The molecule has 8 aliphatic rings. The van der Waals surface area contributed by atoms with Crippen molar-refractivity contribution in [3.8, 4) is 83.6 Å². The lowest BCUT2D eigenvalue weighted by Crippen LogP contribution is -2.63. The molecule has 26 rings (SSSR count). The standard InChI is InChI=1S/C105H62BN3/c1-2-27-63(28-3-1)64-53-55-65(56-54-64)107-93-60-58-89-98(78-39-12-23-48-87(78)104(89)81-42-17-6-31-69(81)70-32-7-18-43-82(70)104)101(93)106-100-95(107)61-66(108-90-50-24-13-36-74(90)75-37-14-25-51-91(75)108)62-96(100)109(92-52-26-49-88-97(92)77-38-11-22-47-86(77)103(88)79-40-15-4-29-67(79)68-30-5-16-41-80(68)103)94-59-57-76-73-35-10-21-46-85(73)105(99(76)102(94)106)83-44-19-8-33-71(83)72-34-9-20-45-84(72)105/h1-62H. The Morgan fingerprint density at radius 3 is 1.07 bits per heavy atom. The van der Waals surface area contributed by atoms with Gasteiger partial charge in [0.05, 0.1) is 38.7 Å². The van der Waals surface area contributed by atoms with Gasteiger partial charge in [-0.05, 0) is 210 Å². The van der Waals surface area contributed by atoms with E-state index >= 15 is 0 Å². The summed E-state index contributed by atoms with van der Waals surface area (Å²) in [6.07, 6.45) is 0. The summed E-state index contributed by atoms with van der Waals surface area (Å²) in [4.78, 5) is 5.50. The number of hydrogen-bond acceptors (Lipinski definition) is 2. The van der Waals surface area contributed by atoms with Gasteiger partial charge in [-0.15, -0.1) is 0 Å². The first-order valence-corrected chi connectivity index (χ1v) is 38.4. The Labute approximate surface area is 631 Å². The van der Waals surface area contributed by atoms with Crippen LogP contribution in [0.1, 0.15) is 66.8 Å². The van der Waals surface area contributed by atoms with Gasteiger partial charge in [0.2, 0.25) is 0 Å². The lowest BCUT2D eigenvalue weighted by atomic mass is 9.31. The Balaban J connectivity index is 0.876. The van der Waals surface area contributed by atoms with Crippen LogP contribution in [0, 0.1) is 0 Å². The lowest BCUT2D eigenvalue weighted by Gasteiger charge is -2.47. The van der Waals surface area contributed by atoms with E-state index < -0.39 is 16.2 Å². The molecule has 0 radical (unpaired) electrons. The summed E-state index contributed by atoms with van der Waals surface area (Å²) in [5.74, 6) is 0. The van der Waals surface area contributed by atoms with Crippen molar-refractivity contribution in [2.24, 2.45) is 0 Å². The van der Waals surface area contributed by atoms with Gasteiger partial charge in [-0.25, -0.2) is 0 Å². The predicted molar refractivity (Wildman–Crippen MR) is 449 cm³/mol. The van der Waals surface area contributed by atoms with Crippen molar-refractivity contribution in [2.45, 2.75) is 16.2 Å². The van der Waals surface area contributed by atoms with E-state index in [4.69, 9.17) is 0 Å². The summed E-state index contributed by atoms with van der Waals surface area (Å²) in [5.41, 5.74) is 45.8. The van der Waals surface area contributed by atoms with Crippen LogP contribution in [0.2, 0.25) is 0 Å². The number of hydrogen-bond donors (Lipinski definition) is 0. The Hall–Kier alpha value is -13.8. The van der Waals surface area contributed by atoms with Crippen molar-refractivity contribution >= 4 is 79.0 Å². The van der Waals surface area contributed by atoms with Crippen LogP contribution in [0.5, 0.6) is 0 Å². The van der Waals surface area contributed by atoms with Crippen LogP contribution in [0.4, 0.5) is 34.1 Å². The van der Waals surface area contributed by atoms with Crippen LogP contribution in [0.25, 0.3) is 105 Å². The number of aromatic nitrogens is 1. The van der Waals surface area contributed by atoms with Crippen molar-refractivity contribution in [1.29, 1.82) is 0 Å². The highest BCUT2D eigenvalue weighted by molar-refractivity contribution is 7.01. The van der Waals surface area contributed by atoms with Gasteiger partial charge in [0.1, 0.15) is 0 Å². The number of para-hydroxylation sites is 2. The van der Waals surface area contributed by atoms with Gasteiger partial charge in [0.15, 0.2) is 0 Å². The number of benzene rings is 17. The molecule has 500 valence electrons. The maximum atomic E-state index is 2.80. The van der Waals surface area contributed by atoms with Gasteiger partial charge in [-0.2, -0.15) is 0 Å². The van der Waals surface area contributed by atoms with Crippen molar-refractivity contribution in [2.75, 3.05) is 9.80 Å². The second kappa shape index (κ2) is 20.8. The third-order valence-electron chi connectivity index (χ3n) is 26.6. The number of anilines is 6. The monoisotopic (exact) mass is 1380 g/mol. The summed E-state index contributed by atoms with van der Waals surface area (Å²) in [7, 11) is 0. The lowest BCUT2D eigenvalue weighted by molar-refractivity contribution is 0.793. The van der Waals surface area contributed by atoms with E-state index in [1.165, 1.54) is 183 Å². The van der Waals surface area contributed by atoms with Crippen molar-refractivity contribution < 1.29 is 0 Å². The van der Waals surface area contributed by atoms with Gasteiger partial charge in [0.25, 0.3) is 6.71 Å². The minimum Gasteiger partial charge on any atom is -0.311 e. The van der Waals surface area contributed by atoms with E-state index in [0.29, 0.717) is 0 Å². The highest BCUT2D eigenvalue weighted by atomic mass is 15.2. The first kappa shape index (κ1) is 58.5. The average molecular weight is 1380 g/mol. The second-order valence-corrected chi connectivity index (χ2v) is 31.0. The fourth-order valence-corrected chi connectivity index (χ4v) is 23.0. The Morgan fingerprint density at radius 1 is 0.202 bits per heavy atom. The molecule has 0 saturated heterocycles. The van der Waals surface area contributed by atoms with Gasteiger partial charge in [0, 0.05) is 44.8 Å². The molecular weight excluding hydrogens is 1310 g/mol. The number of fused-ring (bicyclic) bond motifs is 39. The largest absolute Gasteiger partial charge is 0.311 e. The topological polar surface area (TPSA) is 11.4 Å². The summed E-state index contributed by atoms with van der Waals surface area (Å²) < 4.78 is 2.57. The van der Waals surface area contributed by atoms with Crippen LogP contribution in [-0.2, 0) is 16.2 Å². The molecule has 0 saturated carbocycles. The molecule has 0 N–H and O–H groups in total. The first-order chi connectivity index (χ1) is 54.1. The smallest absolute Gasteiger partial charge is 0.253 e. The molecule has 0 fully saturated rings. The van der Waals surface area contributed by atoms with Gasteiger partial charge >= 0.3 is 0 Å². The van der Waals surface area contributed by atoms with E-state index in [2.05, 4.69) is 390 Å². The Morgan fingerprint density at radius 2 is 0.569 bits per heavy atom. The molecule has 3 nitrogen and oxygen atoms in total. The Kier molecular flexibility index (Phi) is 11.2. The minimum atomic E-state index is -0.742. The highest BCUT2D eigenvalue weighted by Gasteiger charge is 2.60. The van der Waals surface area contributed by atoms with E-state index in [9.17, 15) is 0 Å². The molecule has 6 aliphatic carbocycles. The molecule has 17 aromatic carbocycles. The van der Waals surface area contributed by atoms with Crippen molar-refractivity contribution in [3.05, 3.63) is 443 Å². The molecule has 18 aromatic rings. The Bertz CT molecular complexity index is 6950. The zero-order chi connectivity index (χ0) is 70.7. The summed E-state index contributed by atoms with van der Waals surface area (Å²) >= 11 is 0. The van der Waals surface area contributed by atoms with E-state index in [1.807, 2.05) is 0 Å². The normalized spacial score (nSPS) is 15.0. The summed E-state index contributed by atoms with van der Waals surface area (Å²) in [6, 6.07) is 146. The molecule has 2 aliphatic heterocycles. The van der Waals surface area contributed by atoms with Gasteiger partial charge < -0.3 is 14.4 Å². The molecule has 0 atom stereocenters. The van der Waals surface area contributed by atoms with E-state index in [0.717, 1.165) is 39.5 Å². The quantitative estimate of drug-likeness (QED) is 0.163. The third-order valence-corrected chi connectivity index (χ3v) is 26.6. The van der Waals surface area contributed by atoms with Crippen molar-refractivity contribution in [1.82, 2.24) is 4.57 Å². The minimum absolute atomic E-state index is 0.367. The summed E-state index contributed by atoms with van der Waals surface area (Å²) in [6.45, 7) is -0.367.